The summed E-state index contributed by atoms with van der Waals surface area (Å²) < 4.78 is 13.0. The Hall–Kier alpha value is -1.46. The summed E-state index contributed by atoms with van der Waals surface area (Å²) in [6.07, 6.45) is -0.402. The molecule has 0 fully saturated rings. The van der Waals surface area contributed by atoms with Crippen LogP contribution >= 0.6 is 0 Å². The van der Waals surface area contributed by atoms with Gasteiger partial charge < -0.3 is 15.7 Å². The first-order valence-corrected chi connectivity index (χ1v) is 5.94. The van der Waals surface area contributed by atoms with E-state index in [1.165, 1.54) is 18.2 Å². The summed E-state index contributed by atoms with van der Waals surface area (Å²) in [5, 5.41) is 14.7. The molecule has 1 atom stereocenters. The number of hydrogen-bond donors (Lipinski definition) is 3. The molecule has 100 valence electrons. The summed E-state index contributed by atoms with van der Waals surface area (Å²) in [4.78, 5) is 11.7. The number of aliphatic hydroxyl groups is 1. The number of amides is 1. The monoisotopic (exact) mass is 254 g/mol. The van der Waals surface area contributed by atoms with E-state index < -0.39 is 6.10 Å². The zero-order valence-corrected chi connectivity index (χ0v) is 10.7. The summed E-state index contributed by atoms with van der Waals surface area (Å²) in [5.74, 6) is -0.540. The van der Waals surface area contributed by atoms with Gasteiger partial charge in [0.1, 0.15) is 5.82 Å². The summed E-state index contributed by atoms with van der Waals surface area (Å²) in [5.41, 5.74) is 0.902. The molecule has 5 heteroatoms. The Kier molecular flexibility index (Phi) is 5.74. The second kappa shape index (κ2) is 7.08. The topological polar surface area (TPSA) is 61.4 Å². The van der Waals surface area contributed by atoms with Crippen LogP contribution < -0.4 is 10.6 Å². The van der Waals surface area contributed by atoms with Crippen LogP contribution in [0.25, 0.3) is 0 Å². The van der Waals surface area contributed by atoms with Crippen LogP contribution in [0.3, 0.4) is 0 Å². The molecule has 1 rings (SSSR count). The van der Waals surface area contributed by atoms with Crippen LogP contribution in [-0.2, 0) is 0 Å². The Morgan fingerprint density at radius 1 is 1.44 bits per heavy atom. The quantitative estimate of drug-likeness (QED) is 0.659. The fourth-order valence-corrected chi connectivity index (χ4v) is 1.46. The second-order valence-electron chi connectivity index (χ2n) is 4.27. The fourth-order valence-electron chi connectivity index (χ4n) is 1.46. The molecule has 1 aromatic carbocycles. The van der Waals surface area contributed by atoms with E-state index in [1.54, 1.807) is 13.8 Å². The summed E-state index contributed by atoms with van der Waals surface area (Å²) in [7, 11) is 0. The fraction of sp³-hybridized carbons (Fsp3) is 0.462. The molecule has 18 heavy (non-hydrogen) atoms. The number of carbonyl (C=O) groups is 1. The molecule has 0 aliphatic rings. The molecule has 0 spiro atoms. The highest BCUT2D eigenvalue weighted by atomic mass is 19.1. The van der Waals surface area contributed by atoms with Crippen molar-refractivity contribution in [2.75, 3.05) is 19.6 Å². The maximum atomic E-state index is 13.0. The van der Waals surface area contributed by atoms with Crippen LogP contribution in [0.1, 0.15) is 22.8 Å². The van der Waals surface area contributed by atoms with Crippen LogP contribution in [0.2, 0.25) is 0 Å². The molecular weight excluding hydrogens is 235 g/mol. The van der Waals surface area contributed by atoms with Crippen LogP contribution in [-0.4, -0.2) is 36.8 Å². The standard InChI is InChI=1S/C13H19FN2O2/c1-9-7-11(3-4-12(9)14)13(18)16-6-5-15-8-10(2)17/h3-4,7,10,15,17H,5-6,8H2,1-2H3,(H,16,18). The lowest BCUT2D eigenvalue weighted by molar-refractivity contribution is 0.0953. The van der Waals surface area contributed by atoms with Crippen LogP contribution in [0.15, 0.2) is 18.2 Å². The van der Waals surface area contributed by atoms with Gasteiger partial charge in [0.05, 0.1) is 6.10 Å². The number of hydrogen-bond acceptors (Lipinski definition) is 3. The van der Waals surface area contributed by atoms with Gasteiger partial charge in [-0.1, -0.05) is 0 Å². The van der Waals surface area contributed by atoms with E-state index in [4.69, 9.17) is 5.11 Å². The third kappa shape index (κ3) is 4.81. The van der Waals surface area contributed by atoms with Crippen molar-refractivity contribution in [2.45, 2.75) is 20.0 Å². The molecule has 0 heterocycles. The Morgan fingerprint density at radius 3 is 2.78 bits per heavy atom. The van der Waals surface area contributed by atoms with Gasteiger partial charge in [0, 0.05) is 25.2 Å². The molecule has 0 saturated carbocycles. The average molecular weight is 254 g/mol. The highest BCUT2D eigenvalue weighted by molar-refractivity contribution is 5.94. The Bertz CT molecular complexity index is 408. The van der Waals surface area contributed by atoms with Crippen molar-refractivity contribution in [1.29, 1.82) is 0 Å². The molecule has 0 radical (unpaired) electrons. The molecule has 3 N–H and O–H groups in total. The molecule has 4 nitrogen and oxygen atoms in total. The van der Waals surface area contributed by atoms with Gasteiger partial charge in [-0.25, -0.2) is 4.39 Å². The molecule has 0 saturated heterocycles. The number of benzene rings is 1. The molecular formula is C13H19FN2O2. The first-order chi connectivity index (χ1) is 8.50. The molecule has 0 aliphatic carbocycles. The number of carbonyl (C=O) groups excluding carboxylic acids is 1. The predicted molar refractivity (Wildman–Crippen MR) is 68.0 cm³/mol. The van der Waals surface area contributed by atoms with E-state index in [0.717, 1.165) is 0 Å². The smallest absolute Gasteiger partial charge is 0.251 e. The van der Waals surface area contributed by atoms with E-state index in [2.05, 4.69) is 10.6 Å². The van der Waals surface area contributed by atoms with Crippen LogP contribution in [0, 0.1) is 12.7 Å². The van der Waals surface area contributed by atoms with Crippen molar-refractivity contribution in [3.8, 4) is 0 Å². The zero-order chi connectivity index (χ0) is 13.5. The Morgan fingerprint density at radius 2 is 2.17 bits per heavy atom. The summed E-state index contributed by atoms with van der Waals surface area (Å²) in [6.45, 7) is 4.84. The molecule has 1 amide bonds. The van der Waals surface area contributed by atoms with Crippen molar-refractivity contribution < 1.29 is 14.3 Å². The summed E-state index contributed by atoms with van der Waals surface area (Å²) in [6, 6.07) is 4.27. The van der Waals surface area contributed by atoms with Crippen molar-refractivity contribution in [1.82, 2.24) is 10.6 Å². The molecule has 0 aliphatic heterocycles. The lowest BCUT2D eigenvalue weighted by Crippen LogP contribution is -2.34. The van der Waals surface area contributed by atoms with Crippen LogP contribution in [0.4, 0.5) is 4.39 Å². The third-order valence-electron chi connectivity index (χ3n) is 2.45. The first-order valence-electron chi connectivity index (χ1n) is 5.94. The maximum Gasteiger partial charge on any atom is 0.251 e. The van der Waals surface area contributed by atoms with E-state index in [0.29, 0.717) is 30.8 Å². The van der Waals surface area contributed by atoms with Crippen molar-refractivity contribution in [3.63, 3.8) is 0 Å². The molecule has 1 aromatic rings. The van der Waals surface area contributed by atoms with Crippen LogP contribution in [0.5, 0.6) is 0 Å². The first kappa shape index (κ1) is 14.6. The van der Waals surface area contributed by atoms with Gasteiger partial charge in [0.15, 0.2) is 0 Å². The van der Waals surface area contributed by atoms with Gasteiger partial charge in [-0.2, -0.15) is 0 Å². The minimum Gasteiger partial charge on any atom is -0.392 e. The SMILES string of the molecule is Cc1cc(C(=O)NCCNCC(C)O)ccc1F. The van der Waals surface area contributed by atoms with Crippen molar-refractivity contribution >= 4 is 5.91 Å². The van der Waals surface area contributed by atoms with Gasteiger partial charge in [-0.3, -0.25) is 4.79 Å². The van der Waals surface area contributed by atoms with Gasteiger partial charge in [-0.15, -0.1) is 0 Å². The van der Waals surface area contributed by atoms with E-state index in [9.17, 15) is 9.18 Å². The number of aliphatic hydroxyl groups excluding tert-OH is 1. The second-order valence-corrected chi connectivity index (χ2v) is 4.27. The minimum atomic E-state index is -0.402. The van der Waals surface area contributed by atoms with E-state index in [-0.39, 0.29) is 11.7 Å². The largest absolute Gasteiger partial charge is 0.392 e. The van der Waals surface area contributed by atoms with Gasteiger partial charge in [0.25, 0.3) is 5.91 Å². The highest BCUT2D eigenvalue weighted by Crippen LogP contribution is 2.08. The number of aryl methyl sites for hydroxylation is 1. The predicted octanol–water partition coefficient (Wildman–Crippen LogP) is 0.834. The lowest BCUT2D eigenvalue weighted by atomic mass is 10.1. The highest BCUT2D eigenvalue weighted by Gasteiger charge is 2.06. The number of rotatable bonds is 6. The Balaban J connectivity index is 2.34. The normalized spacial score (nSPS) is 12.2. The molecule has 0 bridgehead atoms. The molecule has 0 aromatic heterocycles. The molecule has 1 unspecified atom stereocenters. The lowest BCUT2D eigenvalue weighted by Gasteiger charge is -2.08. The Labute approximate surface area is 106 Å². The van der Waals surface area contributed by atoms with Crippen molar-refractivity contribution in [2.24, 2.45) is 0 Å². The van der Waals surface area contributed by atoms with Crippen molar-refractivity contribution in [3.05, 3.63) is 35.1 Å². The zero-order valence-electron chi connectivity index (χ0n) is 10.7. The third-order valence-corrected chi connectivity index (χ3v) is 2.45. The minimum absolute atomic E-state index is 0.225. The number of nitrogens with one attached hydrogen (secondary N) is 2. The van der Waals surface area contributed by atoms with E-state index in [1.807, 2.05) is 0 Å². The van der Waals surface area contributed by atoms with Gasteiger partial charge in [0.2, 0.25) is 0 Å². The van der Waals surface area contributed by atoms with E-state index >= 15 is 0 Å². The van der Waals surface area contributed by atoms with Gasteiger partial charge in [-0.05, 0) is 37.6 Å². The maximum absolute atomic E-state index is 13.0. The summed E-state index contributed by atoms with van der Waals surface area (Å²) >= 11 is 0. The van der Waals surface area contributed by atoms with Gasteiger partial charge >= 0.3 is 0 Å². The number of halogens is 1. The average Bonchev–Trinajstić information content (AvgIpc) is 2.31.